The van der Waals surface area contributed by atoms with Crippen LogP contribution in [0.1, 0.15) is 25.0 Å². The summed E-state index contributed by atoms with van der Waals surface area (Å²) in [6, 6.07) is 14.1. The van der Waals surface area contributed by atoms with Gasteiger partial charge >= 0.3 is 0 Å². The number of nitrogens with one attached hydrogen (secondary N) is 2. The molecule has 0 saturated heterocycles. The second kappa shape index (κ2) is 9.57. The first-order chi connectivity index (χ1) is 12.2. The standard InChI is InChI=1S/C20H27N3O2/c1-5-15-9-7-8-10-16(15)14-22-20(21-6-2)23-17-11-12-18(24-3)19(13-17)25-4/h7-13H,5-6,14H2,1-4H3,(H2,21,22,23). The fraction of sp³-hybridized carbons (Fsp3) is 0.350. The van der Waals surface area contributed by atoms with Crippen molar-refractivity contribution in [2.45, 2.75) is 26.8 Å². The van der Waals surface area contributed by atoms with Crippen LogP contribution < -0.4 is 20.1 Å². The first kappa shape index (κ1) is 18.6. The molecule has 2 aromatic rings. The molecular weight excluding hydrogens is 314 g/mol. The molecule has 0 atom stereocenters. The van der Waals surface area contributed by atoms with Crippen molar-refractivity contribution < 1.29 is 9.47 Å². The summed E-state index contributed by atoms with van der Waals surface area (Å²) in [7, 11) is 3.25. The molecule has 0 spiro atoms. The molecule has 0 unspecified atom stereocenters. The third-order valence-corrected chi connectivity index (χ3v) is 3.90. The minimum atomic E-state index is 0.632. The molecule has 2 N–H and O–H groups in total. The minimum absolute atomic E-state index is 0.632. The van der Waals surface area contributed by atoms with Crippen LogP contribution in [0.15, 0.2) is 47.5 Å². The molecule has 0 bridgehead atoms. The number of anilines is 1. The van der Waals surface area contributed by atoms with E-state index in [1.54, 1.807) is 14.2 Å². The Bertz CT molecular complexity index is 714. The highest BCUT2D eigenvalue weighted by atomic mass is 16.5. The number of hydrogen-bond donors (Lipinski definition) is 2. The molecule has 0 saturated carbocycles. The topological polar surface area (TPSA) is 54.9 Å². The van der Waals surface area contributed by atoms with Gasteiger partial charge in [-0.05, 0) is 36.6 Å². The lowest BCUT2D eigenvalue weighted by Crippen LogP contribution is -2.30. The van der Waals surface area contributed by atoms with Crippen molar-refractivity contribution in [1.29, 1.82) is 0 Å². The van der Waals surface area contributed by atoms with Crippen LogP contribution in [0.3, 0.4) is 0 Å². The van der Waals surface area contributed by atoms with Crippen molar-refractivity contribution in [3.05, 3.63) is 53.6 Å². The Morgan fingerprint density at radius 1 is 0.960 bits per heavy atom. The van der Waals surface area contributed by atoms with Crippen LogP contribution in [0.2, 0.25) is 0 Å². The zero-order valence-corrected chi connectivity index (χ0v) is 15.4. The van der Waals surface area contributed by atoms with Gasteiger partial charge in [-0.25, -0.2) is 4.99 Å². The van der Waals surface area contributed by atoms with E-state index in [4.69, 9.17) is 14.5 Å². The van der Waals surface area contributed by atoms with Gasteiger partial charge in [-0.2, -0.15) is 0 Å². The molecule has 2 aromatic carbocycles. The SMILES string of the molecule is CCNC(=NCc1ccccc1CC)Nc1ccc(OC)c(OC)c1. The summed E-state index contributed by atoms with van der Waals surface area (Å²) >= 11 is 0. The maximum atomic E-state index is 5.35. The Labute approximate surface area is 150 Å². The third-order valence-electron chi connectivity index (χ3n) is 3.90. The average molecular weight is 341 g/mol. The van der Waals surface area contributed by atoms with E-state index < -0.39 is 0 Å². The van der Waals surface area contributed by atoms with Crippen LogP contribution in [0.5, 0.6) is 11.5 Å². The highest BCUT2D eigenvalue weighted by Crippen LogP contribution is 2.29. The average Bonchev–Trinajstić information content (AvgIpc) is 2.66. The molecule has 25 heavy (non-hydrogen) atoms. The Kier molecular flexibility index (Phi) is 7.14. The summed E-state index contributed by atoms with van der Waals surface area (Å²) in [6.07, 6.45) is 1.01. The number of benzene rings is 2. The minimum Gasteiger partial charge on any atom is -0.493 e. The highest BCUT2D eigenvalue weighted by Gasteiger charge is 2.06. The molecule has 0 heterocycles. The molecule has 5 nitrogen and oxygen atoms in total. The molecule has 5 heteroatoms. The van der Waals surface area contributed by atoms with Gasteiger partial charge in [0.2, 0.25) is 0 Å². The van der Waals surface area contributed by atoms with Gasteiger partial charge in [0.15, 0.2) is 17.5 Å². The van der Waals surface area contributed by atoms with Crippen LogP contribution in [0.4, 0.5) is 5.69 Å². The van der Waals surface area contributed by atoms with Crippen molar-refractivity contribution in [2.75, 3.05) is 26.1 Å². The van der Waals surface area contributed by atoms with E-state index in [1.165, 1.54) is 11.1 Å². The second-order valence-electron chi connectivity index (χ2n) is 5.51. The third kappa shape index (κ3) is 5.14. The van der Waals surface area contributed by atoms with Crippen molar-refractivity contribution in [2.24, 2.45) is 4.99 Å². The number of aryl methyl sites for hydroxylation is 1. The molecule has 0 amide bonds. The van der Waals surface area contributed by atoms with Gasteiger partial charge in [-0.1, -0.05) is 31.2 Å². The van der Waals surface area contributed by atoms with Crippen LogP contribution in [0, 0.1) is 0 Å². The van der Waals surface area contributed by atoms with Gasteiger partial charge in [-0.15, -0.1) is 0 Å². The summed E-state index contributed by atoms with van der Waals surface area (Å²) in [5, 5.41) is 6.59. The van der Waals surface area contributed by atoms with Crippen LogP contribution >= 0.6 is 0 Å². The van der Waals surface area contributed by atoms with E-state index in [0.717, 1.165) is 24.6 Å². The highest BCUT2D eigenvalue weighted by molar-refractivity contribution is 5.93. The molecule has 0 aliphatic heterocycles. The number of guanidine groups is 1. The smallest absolute Gasteiger partial charge is 0.196 e. The first-order valence-corrected chi connectivity index (χ1v) is 8.55. The summed E-state index contributed by atoms with van der Waals surface area (Å²) in [6.45, 7) is 5.63. The predicted molar refractivity (Wildman–Crippen MR) is 104 cm³/mol. The zero-order chi connectivity index (χ0) is 18.1. The van der Waals surface area contributed by atoms with Gasteiger partial charge in [0, 0.05) is 18.3 Å². The number of aliphatic imine (C=N–C) groups is 1. The number of nitrogens with zero attached hydrogens (tertiary/aromatic N) is 1. The number of methoxy groups -OCH3 is 2. The summed E-state index contributed by atoms with van der Waals surface area (Å²) < 4.78 is 10.6. The normalized spacial score (nSPS) is 11.1. The van der Waals surface area contributed by atoms with E-state index >= 15 is 0 Å². The zero-order valence-electron chi connectivity index (χ0n) is 15.4. The number of hydrogen-bond acceptors (Lipinski definition) is 3. The molecule has 2 rings (SSSR count). The van der Waals surface area contributed by atoms with Crippen molar-refractivity contribution in [3.63, 3.8) is 0 Å². The Morgan fingerprint density at radius 3 is 2.32 bits per heavy atom. The first-order valence-electron chi connectivity index (χ1n) is 8.55. The lowest BCUT2D eigenvalue weighted by Gasteiger charge is -2.14. The van der Waals surface area contributed by atoms with E-state index in [2.05, 4.69) is 41.8 Å². The summed E-state index contributed by atoms with van der Waals surface area (Å²) in [5.41, 5.74) is 3.46. The molecule has 0 aromatic heterocycles. The van der Waals surface area contributed by atoms with E-state index in [-0.39, 0.29) is 0 Å². The largest absolute Gasteiger partial charge is 0.493 e. The number of rotatable bonds is 7. The maximum Gasteiger partial charge on any atom is 0.196 e. The van der Waals surface area contributed by atoms with E-state index in [1.807, 2.05) is 25.1 Å². The van der Waals surface area contributed by atoms with Gasteiger partial charge in [0.1, 0.15) is 0 Å². The molecule has 0 aliphatic rings. The van der Waals surface area contributed by atoms with Gasteiger partial charge in [0.05, 0.1) is 20.8 Å². The molecule has 0 radical (unpaired) electrons. The Hall–Kier alpha value is -2.69. The lowest BCUT2D eigenvalue weighted by atomic mass is 10.1. The van der Waals surface area contributed by atoms with Crippen LogP contribution in [-0.2, 0) is 13.0 Å². The monoisotopic (exact) mass is 341 g/mol. The molecule has 0 aliphatic carbocycles. The number of ether oxygens (including phenoxy) is 2. The van der Waals surface area contributed by atoms with E-state index in [9.17, 15) is 0 Å². The summed E-state index contributed by atoms with van der Waals surface area (Å²) in [4.78, 5) is 4.71. The van der Waals surface area contributed by atoms with Gasteiger partial charge < -0.3 is 20.1 Å². The van der Waals surface area contributed by atoms with Crippen LogP contribution in [-0.4, -0.2) is 26.7 Å². The maximum absolute atomic E-state index is 5.35. The van der Waals surface area contributed by atoms with Crippen molar-refractivity contribution in [3.8, 4) is 11.5 Å². The Balaban J connectivity index is 2.17. The molecule has 134 valence electrons. The summed E-state index contributed by atoms with van der Waals surface area (Å²) in [5.74, 6) is 2.12. The van der Waals surface area contributed by atoms with Gasteiger partial charge in [0.25, 0.3) is 0 Å². The quantitative estimate of drug-likeness (QED) is 0.593. The van der Waals surface area contributed by atoms with Gasteiger partial charge in [-0.3, -0.25) is 0 Å². The Morgan fingerprint density at radius 2 is 1.68 bits per heavy atom. The molecular formula is C20H27N3O2. The van der Waals surface area contributed by atoms with Crippen molar-refractivity contribution >= 4 is 11.6 Å². The fourth-order valence-corrected chi connectivity index (χ4v) is 2.58. The van der Waals surface area contributed by atoms with E-state index in [0.29, 0.717) is 18.0 Å². The molecule has 0 fully saturated rings. The predicted octanol–water partition coefficient (Wildman–Crippen LogP) is 3.84. The van der Waals surface area contributed by atoms with Crippen molar-refractivity contribution in [1.82, 2.24) is 5.32 Å². The lowest BCUT2D eigenvalue weighted by molar-refractivity contribution is 0.355. The second-order valence-corrected chi connectivity index (χ2v) is 5.51. The van der Waals surface area contributed by atoms with Crippen LogP contribution in [0.25, 0.3) is 0 Å². The fourth-order valence-electron chi connectivity index (χ4n) is 2.58.